The molecule has 0 fully saturated rings. The van der Waals surface area contributed by atoms with E-state index in [9.17, 15) is 9.18 Å². The van der Waals surface area contributed by atoms with Gasteiger partial charge in [0.1, 0.15) is 12.4 Å². The van der Waals surface area contributed by atoms with E-state index in [0.29, 0.717) is 12.0 Å². The summed E-state index contributed by atoms with van der Waals surface area (Å²) in [5.41, 5.74) is 0.606. The smallest absolute Gasteiger partial charge is 0.305 e. The fourth-order valence-electron chi connectivity index (χ4n) is 0.899. The average molecular weight is 217 g/mol. The number of hydrogen-bond acceptors (Lipinski definition) is 2. The van der Waals surface area contributed by atoms with Gasteiger partial charge in [0.25, 0.3) is 0 Å². The van der Waals surface area contributed by atoms with Crippen molar-refractivity contribution in [3.05, 3.63) is 34.6 Å². The number of rotatable bonds is 3. The lowest BCUT2D eigenvalue weighted by Crippen LogP contribution is -2.02. The molecule has 0 saturated carbocycles. The zero-order valence-electron chi connectivity index (χ0n) is 7.72. The minimum Gasteiger partial charge on any atom is -0.461 e. The molecule has 0 spiro atoms. The van der Waals surface area contributed by atoms with Gasteiger partial charge < -0.3 is 4.74 Å². The van der Waals surface area contributed by atoms with Crippen molar-refractivity contribution >= 4 is 17.6 Å². The molecule has 0 aromatic heterocycles. The normalized spacial score (nSPS) is 9.93. The van der Waals surface area contributed by atoms with Crippen molar-refractivity contribution in [3.63, 3.8) is 0 Å². The van der Waals surface area contributed by atoms with Gasteiger partial charge in [-0.25, -0.2) is 4.39 Å². The van der Waals surface area contributed by atoms with Crippen LogP contribution in [0.1, 0.15) is 18.9 Å². The number of carbonyl (C=O) groups is 1. The standard InChI is InChI=1S/C10H10ClFO2/c1-2-10(13)14-6-7-3-4-8(12)5-9(7)11/h3-5H,2,6H2,1H3. The van der Waals surface area contributed by atoms with E-state index in [2.05, 4.69) is 0 Å². The summed E-state index contributed by atoms with van der Waals surface area (Å²) in [4.78, 5) is 10.8. The van der Waals surface area contributed by atoms with Gasteiger partial charge >= 0.3 is 5.97 Å². The molecule has 1 aromatic carbocycles. The third-order valence-electron chi connectivity index (χ3n) is 1.69. The van der Waals surface area contributed by atoms with Crippen molar-refractivity contribution in [1.29, 1.82) is 0 Å². The van der Waals surface area contributed by atoms with Crippen LogP contribution in [0.4, 0.5) is 4.39 Å². The van der Waals surface area contributed by atoms with Crippen LogP contribution in [0, 0.1) is 5.82 Å². The van der Waals surface area contributed by atoms with Gasteiger partial charge in [-0.15, -0.1) is 0 Å². The molecule has 0 N–H and O–H groups in total. The molecule has 0 bridgehead atoms. The third kappa shape index (κ3) is 3.00. The van der Waals surface area contributed by atoms with E-state index in [1.54, 1.807) is 6.92 Å². The maximum atomic E-state index is 12.6. The lowest BCUT2D eigenvalue weighted by molar-refractivity contribution is -0.144. The molecule has 0 heterocycles. The number of hydrogen-bond donors (Lipinski definition) is 0. The Balaban J connectivity index is 2.63. The van der Waals surface area contributed by atoms with Crippen LogP contribution in [0.15, 0.2) is 18.2 Å². The first-order valence-corrected chi connectivity index (χ1v) is 4.61. The lowest BCUT2D eigenvalue weighted by atomic mass is 10.2. The summed E-state index contributed by atoms with van der Waals surface area (Å²) in [6.07, 6.45) is 0.318. The minimum atomic E-state index is -0.402. The molecule has 1 aromatic rings. The molecule has 2 nitrogen and oxygen atoms in total. The summed E-state index contributed by atoms with van der Waals surface area (Å²) in [7, 11) is 0. The summed E-state index contributed by atoms with van der Waals surface area (Å²) in [5.74, 6) is -0.703. The Morgan fingerprint density at radius 2 is 2.29 bits per heavy atom. The van der Waals surface area contributed by atoms with E-state index in [-0.39, 0.29) is 17.6 Å². The molecule has 0 aliphatic rings. The van der Waals surface area contributed by atoms with E-state index < -0.39 is 5.82 Å². The van der Waals surface area contributed by atoms with E-state index in [0.717, 1.165) is 0 Å². The first kappa shape index (κ1) is 11.0. The average Bonchev–Trinajstić information content (AvgIpc) is 2.16. The molecule has 14 heavy (non-hydrogen) atoms. The van der Waals surface area contributed by atoms with E-state index >= 15 is 0 Å². The van der Waals surface area contributed by atoms with Crippen LogP contribution in [-0.2, 0) is 16.1 Å². The predicted octanol–water partition coefficient (Wildman–Crippen LogP) is 2.93. The Labute approximate surface area is 86.6 Å². The van der Waals surface area contributed by atoms with E-state index in [1.165, 1.54) is 18.2 Å². The second-order valence-corrected chi connectivity index (χ2v) is 3.16. The maximum Gasteiger partial charge on any atom is 0.305 e. The fraction of sp³-hybridized carbons (Fsp3) is 0.300. The van der Waals surface area contributed by atoms with Gasteiger partial charge in [-0.2, -0.15) is 0 Å². The third-order valence-corrected chi connectivity index (χ3v) is 2.04. The number of halogens is 2. The van der Waals surface area contributed by atoms with Crippen molar-refractivity contribution in [2.24, 2.45) is 0 Å². The van der Waals surface area contributed by atoms with Gasteiger partial charge in [0.05, 0.1) is 5.02 Å². The van der Waals surface area contributed by atoms with Crippen molar-refractivity contribution in [1.82, 2.24) is 0 Å². The van der Waals surface area contributed by atoms with Gasteiger partial charge in [-0.05, 0) is 12.1 Å². The molecule has 0 amide bonds. The zero-order valence-corrected chi connectivity index (χ0v) is 8.47. The van der Waals surface area contributed by atoms with Gasteiger partial charge in [0.2, 0.25) is 0 Å². The maximum absolute atomic E-state index is 12.6. The highest BCUT2D eigenvalue weighted by Gasteiger charge is 2.04. The van der Waals surface area contributed by atoms with E-state index in [4.69, 9.17) is 16.3 Å². The first-order valence-electron chi connectivity index (χ1n) is 4.23. The molecule has 0 saturated heterocycles. The van der Waals surface area contributed by atoms with Crippen molar-refractivity contribution in [3.8, 4) is 0 Å². The van der Waals surface area contributed by atoms with Gasteiger partial charge in [0.15, 0.2) is 0 Å². The van der Waals surface area contributed by atoms with Crippen LogP contribution in [0.5, 0.6) is 0 Å². The Bertz CT molecular complexity index is 339. The lowest BCUT2D eigenvalue weighted by Gasteiger charge is -2.05. The Kier molecular flexibility index (Phi) is 3.89. The number of esters is 1. The summed E-state index contributed by atoms with van der Waals surface area (Å²) < 4.78 is 17.5. The molecule has 0 aliphatic carbocycles. The van der Waals surface area contributed by atoms with Crippen LogP contribution >= 0.6 is 11.6 Å². The predicted molar refractivity (Wildman–Crippen MR) is 51.5 cm³/mol. The van der Waals surface area contributed by atoms with Gasteiger partial charge in [0, 0.05) is 12.0 Å². The number of ether oxygens (including phenoxy) is 1. The van der Waals surface area contributed by atoms with Gasteiger partial charge in [-0.1, -0.05) is 24.6 Å². The molecular weight excluding hydrogens is 207 g/mol. The molecular formula is C10H10ClFO2. The highest BCUT2D eigenvalue weighted by Crippen LogP contribution is 2.18. The summed E-state index contributed by atoms with van der Waals surface area (Å²) in [6.45, 7) is 1.79. The molecule has 0 atom stereocenters. The summed E-state index contributed by atoms with van der Waals surface area (Å²) >= 11 is 5.72. The molecule has 0 aliphatic heterocycles. The molecule has 1 rings (SSSR count). The quantitative estimate of drug-likeness (QED) is 0.727. The highest BCUT2D eigenvalue weighted by molar-refractivity contribution is 6.31. The van der Waals surface area contributed by atoms with Crippen molar-refractivity contribution < 1.29 is 13.9 Å². The Hall–Kier alpha value is -1.09. The molecule has 4 heteroatoms. The zero-order chi connectivity index (χ0) is 10.6. The van der Waals surface area contributed by atoms with Crippen molar-refractivity contribution in [2.75, 3.05) is 0 Å². The Morgan fingerprint density at radius 3 is 2.86 bits per heavy atom. The summed E-state index contributed by atoms with van der Waals surface area (Å²) in [6, 6.07) is 3.97. The van der Waals surface area contributed by atoms with Gasteiger partial charge in [-0.3, -0.25) is 4.79 Å². The minimum absolute atomic E-state index is 0.0891. The largest absolute Gasteiger partial charge is 0.461 e. The molecule has 0 unspecified atom stereocenters. The number of benzene rings is 1. The molecule has 0 radical (unpaired) electrons. The van der Waals surface area contributed by atoms with Crippen LogP contribution in [0.2, 0.25) is 5.02 Å². The summed E-state index contributed by atoms with van der Waals surface area (Å²) in [5, 5.41) is 0.272. The Morgan fingerprint density at radius 1 is 1.57 bits per heavy atom. The first-order chi connectivity index (χ1) is 6.63. The monoisotopic (exact) mass is 216 g/mol. The van der Waals surface area contributed by atoms with Crippen LogP contribution in [0.25, 0.3) is 0 Å². The van der Waals surface area contributed by atoms with Crippen molar-refractivity contribution in [2.45, 2.75) is 20.0 Å². The van der Waals surface area contributed by atoms with Crippen LogP contribution < -0.4 is 0 Å². The fourth-order valence-corrected chi connectivity index (χ4v) is 1.12. The molecule has 76 valence electrons. The second kappa shape index (κ2) is 4.96. The van der Waals surface area contributed by atoms with E-state index in [1.807, 2.05) is 0 Å². The SMILES string of the molecule is CCC(=O)OCc1ccc(F)cc1Cl. The highest BCUT2D eigenvalue weighted by atomic mass is 35.5. The van der Waals surface area contributed by atoms with Crippen LogP contribution in [0.3, 0.4) is 0 Å². The van der Waals surface area contributed by atoms with Crippen LogP contribution in [-0.4, -0.2) is 5.97 Å². The topological polar surface area (TPSA) is 26.3 Å². The second-order valence-electron chi connectivity index (χ2n) is 2.75. The number of carbonyl (C=O) groups excluding carboxylic acids is 1.